The third kappa shape index (κ3) is 5.34. The molecule has 5 heteroatoms. The number of unbranched alkanes of at least 4 members (excludes halogenated alkanes) is 1. The Morgan fingerprint density at radius 2 is 1.61 bits per heavy atom. The van der Waals surface area contributed by atoms with Crippen LogP contribution in [-0.2, 0) is 4.74 Å². The van der Waals surface area contributed by atoms with Crippen LogP contribution >= 0.6 is 12.4 Å². The van der Waals surface area contributed by atoms with Gasteiger partial charge in [0.25, 0.3) is 0 Å². The summed E-state index contributed by atoms with van der Waals surface area (Å²) in [6.45, 7) is 12.2. The molecule has 4 aliphatic rings. The van der Waals surface area contributed by atoms with Gasteiger partial charge in [-0.1, -0.05) is 13.3 Å². The summed E-state index contributed by atoms with van der Waals surface area (Å²) >= 11 is 0. The molecule has 174 valence electrons. The van der Waals surface area contributed by atoms with E-state index in [0.717, 1.165) is 37.6 Å². The van der Waals surface area contributed by atoms with Crippen LogP contribution in [0, 0.1) is 5.41 Å². The number of hydrogen-bond acceptors (Lipinski definition) is 4. The third-order valence-corrected chi connectivity index (χ3v) is 8.37. The zero-order chi connectivity index (χ0) is 20.4. The minimum Gasteiger partial charge on any atom is -0.378 e. The van der Waals surface area contributed by atoms with Gasteiger partial charge in [-0.15, -0.1) is 12.4 Å². The number of anilines is 2. The van der Waals surface area contributed by atoms with Crippen molar-refractivity contribution < 1.29 is 4.74 Å². The van der Waals surface area contributed by atoms with Gasteiger partial charge in [-0.3, -0.25) is 4.90 Å². The van der Waals surface area contributed by atoms with Crippen molar-refractivity contribution in [1.29, 1.82) is 0 Å². The molecule has 0 N–H and O–H groups in total. The van der Waals surface area contributed by atoms with E-state index < -0.39 is 0 Å². The Bertz CT molecular complexity index is 699. The first-order valence-corrected chi connectivity index (χ1v) is 12.7. The van der Waals surface area contributed by atoms with Crippen LogP contribution in [0.3, 0.4) is 0 Å². The number of hydrogen-bond donors (Lipinski definition) is 0. The number of nitrogens with zero attached hydrogens (tertiary/aromatic N) is 3. The van der Waals surface area contributed by atoms with E-state index in [1.165, 1.54) is 89.8 Å². The smallest absolute Gasteiger partial charge is 0.0642 e. The van der Waals surface area contributed by atoms with Crippen molar-refractivity contribution in [2.75, 3.05) is 68.8 Å². The molecule has 2 heterocycles. The monoisotopic (exact) mass is 447 g/mol. The first-order chi connectivity index (χ1) is 14.8. The summed E-state index contributed by atoms with van der Waals surface area (Å²) in [6.07, 6.45) is 11.4. The lowest BCUT2D eigenvalue weighted by Crippen LogP contribution is -2.47. The summed E-state index contributed by atoms with van der Waals surface area (Å²) in [4.78, 5) is 7.90. The molecule has 4 nitrogen and oxygen atoms in total. The predicted octanol–water partition coefficient (Wildman–Crippen LogP) is 5.30. The molecule has 2 saturated heterocycles. The first kappa shape index (κ1) is 23.2. The van der Waals surface area contributed by atoms with E-state index >= 15 is 0 Å². The van der Waals surface area contributed by atoms with Crippen molar-refractivity contribution in [2.24, 2.45) is 5.41 Å². The van der Waals surface area contributed by atoms with Gasteiger partial charge in [0.05, 0.1) is 13.2 Å². The zero-order valence-electron chi connectivity index (χ0n) is 19.5. The molecule has 0 atom stereocenters. The molecule has 0 aromatic heterocycles. The first-order valence-electron chi connectivity index (χ1n) is 12.7. The largest absolute Gasteiger partial charge is 0.378 e. The van der Waals surface area contributed by atoms with E-state index in [1.54, 1.807) is 11.3 Å². The molecule has 2 saturated carbocycles. The maximum absolute atomic E-state index is 5.60. The summed E-state index contributed by atoms with van der Waals surface area (Å²) < 4.78 is 5.60. The highest BCUT2D eigenvalue weighted by molar-refractivity contribution is 5.85. The maximum Gasteiger partial charge on any atom is 0.0642 e. The lowest BCUT2D eigenvalue weighted by atomic mass is 9.76. The normalized spacial score (nSPS) is 24.3. The van der Waals surface area contributed by atoms with E-state index in [4.69, 9.17) is 4.74 Å². The summed E-state index contributed by atoms with van der Waals surface area (Å²) in [6, 6.07) is 7.42. The molecule has 1 aromatic rings. The molecular formula is C26H42ClN3O. The molecule has 2 aliphatic heterocycles. The van der Waals surface area contributed by atoms with Crippen molar-refractivity contribution in [2.45, 2.75) is 64.2 Å². The molecule has 0 amide bonds. The van der Waals surface area contributed by atoms with E-state index in [2.05, 4.69) is 39.8 Å². The second kappa shape index (κ2) is 10.3. The summed E-state index contributed by atoms with van der Waals surface area (Å²) in [5.41, 5.74) is 5.38. The highest BCUT2D eigenvalue weighted by atomic mass is 35.5. The molecule has 1 spiro atoms. The van der Waals surface area contributed by atoms with Gasteiger partial charge in [0.15, 0.2) is 0 Å². The summed E-state index contributed by atoms with van der Waals surface area (Å²) in [7, 11) is 0. The van der Waals surface area contributed by atoms with E-state index in [0.29, 0.717) is 0 Å². The van der Waals surface area contributed by atoms with Crippen molar-refractivity contribution in [3.05, 3.63) is 23.8 Å². The van der Waals surface area contributed by atoms with Crippen LogP contribution < -0.4 is 9.80 Å². The molecule has 31 heavy (non-hydrogen) atoms. The number of piperazine rings is 1. The van der Waals surface area contributed by atoms with E-state index in [-0.39, 0.29) is 12.4 Å². The van der Waals surface area contributed by atoms with Crippen LogP contribution in [0.1, 0.15) is 69.8 Å². The number of halogens is 1. The second-order valence-corrected chi connectivity index (χ2v) is 10.3. The van der Waals surface area contributed by atoms with Gasteiger partial charge in [-0.25, -0.2) is 0 Å². The fourth-order valence-electron chi connectivity index (χ4n) is 5.99. The van der Waals surface area contributed by atoms with Gasteiger partial charge < -0.3 is 14.5 Å². The molecule has 0 radical (unpaired) electrons. The highest BCUT2D eigenvalue weighted by Crippen LogP contribution is 2.59. The van der Waals surface area contributed by atoms with Crippen LogP contribution in [0.15, 0.2) is 18.2 Å². The lowest BCUT2D eigenvalue weighted by molar-refractivity contribution is 0.122. The standard InChI is InChI=1S/C26H41N3O.ClH/c1-2-3-12-27-13-15-29(16-14-27)25-5-4-23(28-17-19-30-20-18-28)21-24(25)22-6-8-26(9-7-22)10-11-26;/h4-5,21-22H,2-3,6-20H2,1H3;1H. The Kier molecular flexibility index (Phi) is 7.72. The lowest BCUT2D eigenvalue weighted by Gasteiger charge is -2.39. The van der Waals surface area contributed by atoms with Crippen LogP contribution in [0.2, 0.25) is 0 Å². The topological polar surface area (TPSA) is 19.0 Å². The zero-order valence-corrected chi connectivity index (χ0v) is 20.3. The molecule has 2 aliphatic carbocycles. The molecule has 0 unspecified atom stereocenters. The van der Waals surface area contributed by atoms with Crippen LogP contribution in [0.4, 0.5) is 11.4 Å². The second-order valence-electron chi connectivity index (χ2n) is 10.3. The Labute approximate surface area is 195 Å². The average molecular weight is 448 g/mol. The fourth-order valence-corrected chi connectivity index (χ4v) is 5.99. The Balaban J connectivity index is 0.00000231. The minimum absolute atomic E-state index is 0. The van der Waals surface area contributed by atoms with Gasteiger partial charge in [-0.05, 0) is 86.6 Å². The summed E-state index contributed by atoms with van der Waals surface area (Å²) in [5, 5.41) is 0. The number of morpholine rings is 1. The van der Waals surface area contributed by atoms with Crippen molar-refractivity contribution >= 4 is 23.8 Å². The Hall–Kier alpha value is -0.970. The Morgan fingerprint density at radius 3 is 2.26 bits per heavy atom. The number of ether oxygens (including phenoxy) is 1. The molecule has 4 fully saturated rings. The van der Waals surface area contributed by atoms with E-state index in [1.807, 2.05) is 0 Å². The van der Waals surface area contributed by atoms with Crippen LogP contribution in [0.25, 0.3) is 0 Å². The quantitative estimate of drug-likeness (QED) is 0.588. The highest BCUT2D eigenvalue weighted by Gasteiger charge is 2.45. The van der Waals surface area contributed by atoms with Crippen LogP contribution in [-0.4, -0.2) is 63.9 Å². The van der Waals surface area contributed by atoms with Gasteiger partial charge in [0.2, 0.25) is 0 Å². The van der Waals surface area contributed by atoms with Gasteiger partial charge in [-0.2, -0.15) is 0 Å². The van der Waals surface area contributed by atoms with Crippen molar-refractivity contribution in [3.8, 4) is 0 Å². The maximum atomic E-state index is 5.60. The molecule has 0 bridgehead atoms. The van der Waals surface area contributed by atoms with Crippen molar-refractivity contribution in [1.82, 2.24) is 4.90 Å². The van der Waals surface area contributed by atoms with Gasteiger partial charge >= 0.3 is 0 Å². The average Bonchev–Trinajstić information content (AvgIpc) is 3.57. The molecule has 1 aromatic carbocycles. The third-order valence-electron chi connectivity index (χ3n) is 8.37. The predicted molar refractivity (Wildman–Crippen MR) is 133 cm³/mol. The SMILES string of the molecule is CCCCN1CCN(c2ccc(N3CCOCC3)cc2C2CCC3(CC2)CC3)CC1.Cl. The molecular weight excluding hydrogens is 406 g/mol. The number of benzene rings is 1. The fraction of sp³-hybridized carbons (Fsp3) is 0.769. The molecule has 5 rings (SSSR count). The van der Waals surface area contributed by atoms with E-state index in [9.17, 15) is 0 Å². The minimum atomic E-state index is 0. The van der Waals surface area contributed by atoms with Gasteiger partial charge in [0, 0.05) is 50.6 Å². The Morgan fingerprint density at radius 1 is 0.903 bits per heavy atom. The number of rotatable bonds is 6. The van der Waals surface area contributed by atoms with Crippen LogP contribution in [0.5, 0.6) is 0 Å². The van der Waals surface area contributed by atoms with Gasteiger partial charge in [0.1, 0.15) is 0 Å². The van der Waals surface area contributed by atoms with Crippen molar-refractivity contribution in [3.63, 3.8) is 0 Å². The summed E-state index contributed by atoms with van der Waals surface area (Å²) in [5.74, 6) is 0.755.